The van der Waals surface area contributed by atoms with Crippen LogP contribution in [0.3, 0.4) is 0 Å². The van der Waals surface area contributed by atoms with Gasteiger partial charge in [0, 0.05) is 14.3 Å². The summed E-state index contributed by atoms with van der Waals surface area (Å²) in [5.74, 6) is -2.23. The highest BCUT2D eigenvalue weighted by Crippen LogP contribution is 2.33. The number of hydrogen-bond acceptors (Lipinski definition) is 6. The zero-order valence-electron chi connectivity index (χ0n) is 11.9. The summed E-state index contributed by atoms with van der Waals surface area (Å²) in [5, 5.41) is 0. The van der Waals surface area contributed by atoms with Crippen LogP contribution >= 0.6 is 90.4 Å². The maximum Gasteiger partial charge on any atom is 0.340 e. The van der Waals surface area contributed by atoms with Crippen LogP contribution in [-0.4, -0.2) is 43.9 Å². The summed E-state index contributed by atoms with van der Waals surface area (Å²) in [6.45, 7) is 1.28. The fraction of sp³-hybridized carbons (Fsp3) is 0.333. The highest BCUT2D eigenvalue weighted by molar-refractivity contribution is 14.1. The van der Waals surface area contributed by atoms with Crippen LogP contribution in [0.25, 0.3) is 0 Å². The third-order valence-corrected chi connectivity index (χ3v) is 10.6. The summed E-state index contributed by atoms with van der Waals surface area (Å²) < 4.78 is 42.7. The molecule has 0 heterocycles. The van der Waals surface area contributed by atoms with Crippen LogP contribution in [0.15, 0.2) is 0 Å². The van der Waals surface area contributed by atoms with Crippen molar-refractivity contribution in [1.82, 2.24) is 0 Å². The zero-order valence-corrected chi connectivity index (χ0v) is 21.4. The molecule has 0 fully saturated rings. The van der Waals surface area contributed by atoms with Gasteiger partial charge in [0.15, 0.2) is 0 Å². The Balaban J connectivity index is 3.34. The molecule has 134 valence electrons. The summed E-state index contributed by atoms with van der Waals surface area (Å²) in [6.07, 6.45) is 0. The lowest BCUT2D eigenvalue weighted by Crippen LogP contribution is -2.21. The number of esters is 2. The van der Waals surface area contributed by atoms with Crippen molar-refractivity contribution >= 4 is 112 Å². The molecule has 1 aromatic rings. The van der Waals surface area contributed by atoms with Crippen LogP contribution in [0.4, 0.5) is 0 Å². The molecule has 1 N–H and O–H groups in total. The Kier molecular flexibility index (Phi) is 9.39. The maximum atomic E-state index is 12.4. The van der Waals surface area contributed by atoms with Crippen molar-refractivity contribution in [2.45, 2.75) is 6.92 Å². The maximum absolute atomic E-state index is 12.4. The van der Waals surface area contributed by atoms with Crippen molar-refractivity contribution in [1.29, 1.82) is 0 Å². The third kappa shape index (κ3) is 6.02. The molecule has 0 saturated heterocycles. The Labute approximate surface area is 193 Å². The molecular formula is C12H10I4O7S. The molecule has 1 rings (SSSR count). The van der Waals surface area contributed by atoms with Gasteiger partial charge in [-0.05, 0) is 97.3 Å². The highest BCUT2D eigenvalue weighted by atomic mass is 127. The number of carbonyl (C=O) groups is 2. The number of hydrogen-bond donors (Lipinski definition) is 1. The molecule has 0 unspecified atom stereocenters. The molecule has 0 bridgehead atoms. The van der Waals surface area contributed by atoms with Gasteiger partial charge in [-0.15, -0.1) is 0 Å². The van der Waals surface area contributed by atoms with E-state index in [2.05, 4.69) is 22.6 Å². The monoisotopic (exact) mass is 806 g/mol. The van der Waals surface area contributed by atoms with E-state index in [1.54, 1.807) is 6.92 Å². The smallest absolute Gasteiger partial charge is 0.340 e. The van der Waals surface area contributed by atoms with E-state index in [-0.39, 0.29) is 17.7 Å². The van der Waals surface area contributed by atoms with Gasteiger partial charge in [-0.1, -0.05) is 0 Å². The van der Waals surface area contributed by atoms with E-state index in [9.17, 15) is 18.0 Å². The largest absolute Gasteiger partial charge is 0.462 e. The van der Waals surface area contributed by atoms with Gasteiger partial charge < -0.3 is 9.47 Å². The second-order valence-electron chi connectivity index (χ2n) is 4.15. The van der Waals surface area contributed by atoms with Crippen molar-refractivity contribution in [3.63, 3.8) is 0 Å². The molecule has 0 aliphatic carbocycles. The summed E-state index contributed by atoms with van der Waals surface area (Å²) in [7, 11) is -4.25. The molecule has 0 aromatic heterocycles. The van der Waals surface area contributed by atoms with E-state index in [1.165, 1.54) is 0 Å². The quantitative estimate of drug-likeness (QED) is 0.155. The zero-order chi connectivity index (χ0) is 18.7. The van der Waals surface area contributed by atoms with Gasteiger partial charge in [-0.3, -0.25) is 4.55 Å². The molecular weight excluding hydrogens is 796 g/mol. The second kappa shape index (κ2) is 9.79. The summed E-state index contributed by atoms with van der Waals surface area (Å²) in [4.78, 5) is 24.6. The fourth-order valence-corrected chi connectivity index (χ4v) is 5.45. The minimum absolute atomic E-state index is 0.0265. The standard InChI is InChI=1S/C12H10I4O7S/c1-2-22-11(17)5-6(8(14)10(16)9(15)7(5)13)12(18)23-3-4-24(19,20)21/h2-4H2,1H3,(H,19,20,21). The molecule has 0 aliphatic rings. The Morgan fingerprint density at radius 1 is 0.917 bits per heavy atom. The first-order chi connectivity index (χ1) is 11.0. The molecule has 7 nitrogen and oxygen atoms in total. The molecule has 0 radical (unpaired) electrons. The predicted octanol–water partition coefficient (Wildman–Crippen LogP) is 3.33. The molecule has 12 heteroatoms. The van der Waals surface area contributed by atoms with Crippen molar-refractivity contribution in [3.8, 4) is 0 Å². The van der Waals surface area contributed by atoms with Crippen LogP contribution in [0.1, 0.15) is 27.6 Å². The fourth-order valence-electron chi connectivity index (χ4n) is 1.53. The van der Waals surface area contributed by atoms with Crippen molar-refractivity contribution in [3.05, 3.63) is 25.4 Å². The Hall–Kier alpha value is 0.990. The Bertz CT molecular complexity index is 776. The van der Waals surface area contributed by atoms with Crippen LogP contribution in [0.5, 0.6) is 0 Å². The number of rotatable bonds is 6. The van der Waals surface area contributed by atoms with Gasteiger partial charge in [0.1, 0.15) is 12.4 Å². The molecule has 0 saturated carbocycles. The van der Waals surface area contributed by atoms with Gasteiger partial charge in [-0.2, -0.15) is 8.42 Å². The minimum Gasteiger partial charge on any atom is -0.462 e. The number of benzene rings is 1. The van der Waals surface area contributed by atoms with E-state index in [1.807, 2.05) is 67.8 Å². The van der Waals surface area contributed by atoms with Gasteiger partial charge in [-0.25, -0.2) is 9.59 Å². The van der Waals surface area contributed by atoms with E-state index in [0.717, 1.165) is 7.14 Å². The molecule has 0 aliphatic heterocycles. The molecule has 0 atom stereocenters. The highest BCUT2D eigenvalue weighted by Gasteiger charge is 2.29. The van der Waals surface area contributed by atoms with E-state index in [0.29, 0.717) is 7.14 Å². The van der Waals surface area contributed by atoms with E-state index in [4.69, 9.17) is 14.0 Å². The first kappa shape index (κ1) is 23.0. The first-order valence-corrected chi connectivity index (χ1v) is 12.1. The minimum atomic E-state index is -4.25. The molecule has 0 spiro atoms. The normalized spacial score (nSPS) is 11.2. The Morgan fingerprint density at radius 3 is 1.71 bits per heavy atom. The average Bonchev–Trinajstić information content (AvgIpc) is 2.47. The van der Waals surface area contributed by atoms with Crippen LogP contribution in [-0.2, 0) is 19.6 Å². The lowest BCUT2D eigenvalue weighted by atomic mass is 10.1. The van der Waals surface area contributed by atoms with Crippen molar-refractivity contribution in [2.75, 3.05) is 19.0 Å². The van der Waals surface area contributed by atoms with Gasteiger partial charge in [0.2, 0.25) is 0 Å². The lowest BCUT2D eigenvalue weighted by Gasteiger charge is -2.15. The summed E-state index contributed by atoms with van der Waals surface area (Å²) in [6, 6.07) is 0. The predicted molar refractivity (Wildman–Crippen MR) is 120 cm³/mol. The second-order valence-corrected chi connectivity index (χ2v) is 10.0. The Morgan fingerprint density at radius 2 is 1.33 bits per heavy atom. The molecule has 24 heavy (non-hydrogen) atoms. The average molecular weight is 806 g/mol. The topological polar surface area (TPSA) is 107 Å². The number of halogens is 4. The SMILES string of the molecule is CCOC(=O)c1c(I)c(I)c(I)c(I)c1C(=O)OCCS(=O)(=O)O. The molecule has 0 amide bonds. The van der Waals surface area contributed by atoms with Crippen molar-refractivity contribution < 1.29 is 32.0 Å². The van der Waals surface area contributed by atoms with E-state index >= 15 is 0 Å². The summed E-state index contributed by atoms with van der Waals surface area (Å²) >= 11 is 8.00. The van der Waals surface area contributed by atoms with Gasteiger partial charge >= 0.3 is 11.9 Å². The lowest BCUT2D eigenvalue weighted by molar-refractivity contribution is 0.0477. The van der Waals surface area contributed by atoms with Gasteiger partial charge in [0.05, 0.1) is 17.7 Å². The van der Waals surface area contributed by atoms with Crippen LogP contribution in [0.2, 0.25) is 0 Å². The van der Waals surface area contributed by atoms with Crippen molar-refractivity contribution in [2.24, 2.45) is 0 Å². The number of carbonyl (C=O) groups excluding carboxylic acids is 2. The molecule has 1 aromatic carbocycles. The summed E-state index contributed by atoms with van der Waals surface area (Å²) in [5.41, 5.74) is 0.113. The van der Waals surface area contributed by atoms with Crippen LogP contribution < -0.4 is 0 Å². The third-order valence-electron chi connectivity index (χ3n) is 2.53. The first-order valence-electron chi connectivity index (χ1n) is 6.16. The van der Waals surface area contributed by atoms with Gasteiger partial charge in [0.25, 0.3) is 10.1 Å². The number of ether oxygens (including phenoxy) is 2. The van der Waals surface area contributed by atoms with Crippen LogP contribution in [0, 0.1) is 14.3 Å². The van der Waals surface area contributed by atoms with E-state index < -0.39 is 34.4 Å².